The van der Waals surface area contributed by atoms with E-state index in [-0.39, 0.29) is 24.7 Å². The predicted octanol–water partition coefficient (Wildman–Crippen LogP) is 0.171. The van der Waals surface area contributed by atoms with Crippen molar-refractivity contribution in [3.8, 4) is 0 Å². The van der Waals surface area contributed by atoms with Crippen LogP contribution in [0.25, 0.3) is 0 Å². The molecule has 16 heavy (non-hydrogen) atoms. The Labute approximate surface area is 94.9 Å². The summed E-state index contributed by atoms with van der Waals surface area (Å²) in [6.07, 6.45) is 3.92. The smallest absolute Gasteiger partial charge is 0.249 e. The first-order valence-electron chi connectivity index (χ1n) is 5.86. The summed E-state index contributed by atoms with van der Waals surface area (Å²) in [4.78, 5) is 13.7. The lowest BCUT2D eigenvalue weighted by atomic mass is 9.86. The number of hydrogen-bond donors (Lipinski definition) is 1. The SMILES string of the molecule is COCC(=O)N1CC2=CC3C[C@@H](C2)[C@H](O)C31. The maximum absolute atomic E-state index is 11.9. The Morgan fingerprint density at radius 1 is 1.69 bits per heavy atom. The first-order chi connectivity index (χ1) is 7.70. The summed E-state index contributed by atoms with van der Waals surface area (Å²) in [5, 5.41) is 10.2. The molecule has 0 aromatic heterocycles. The fraction of sp³-hybridized carbons (Fsp3) is 0.750. The topological polar surface area (TPSA) is 49.8 Å². The minimum absolute atomic E-state index is 0.00102. The predicted molar refractivity (Wildman–Crippen MR) is 57.7 cm³/mol. The van der Waals surface area contributed by atoms with Gasteiger partial charge >= 0.3 is 0 Å². The number of nitrogens with zero attached hydrogens (tertiary/aromatic N) is 1. The molecular formula is C12H17NO3. The van der Waals surface area contributed by atoms with E-state index in [9.17, 15) is 9.90 Å². The molecule has 0 saturated heterocycles. The van der Waals surface area contributed by atoms with Gasteiger partial charge in [-0.05, 0) is 18.8 Å². The van der Waals surface area contributed by atoms with E-state index < -0.39 is 0 Å². The highest BCUT2D eigenvalue weighted by Crippen LogP contribution is 2.47. The summed E-state index contributed by atoms with van der Waals surface area (Å²) in [5.74, 6) is 0.748. The van der Waals surface area contributed by atoms with E-state index in [0.717, 1.165) is 12.8 Å². The second kappa shape index (κ2) is 3.57. The lowest BCUT2D eigenvalue weighted by molar-refractivity contribution is -0.139. The van der Waals surface area contributed by atoms with Crippen LogP contribution in [0.2, 0.25) is 0 Å². The Kier molecular flexibility index (Phi) is 2.30. The summed E-state index contributed by atoms with van der Waals surface area (Å²) >= 11 is 0. The van der Waals surface area contributed by atoms with Crippen LogP contribution in [0.1, 0.15) is 12.8 Å². The van der Waals surface area contributed by atoms with Gasteiger partial charge in [0.15, 0.2) is 0 Å². The third-order valence-electron chi connectivity index (χ3n) is 4.14. The second-order valence-corrected chi connectivity index (χ2v) is 5.12. The molecular weight excluding hydrogens is 206 g/mol. The second-order valence-electron chi connectivity index (χ2n) is 5.12. The zero-order valence-electron chi connectivity index (χ0n) is 9.43. The molecule has 1 heterocycles. The van der Waals surface area contributed by atoms with E-state index in [4.69, 9.17) is 4.74 Å². The monoisotopic (exact) mass is 223 g/mol. The number of carbonyl (C=O) groups excluding carboxylic acids is 1. The van der Waals surface area contributed by atoms with Gasteiger partial charge in [-0.1, -0.05) is 11.6 Å². The largest absolute Gasteiger partial charge is 0.391 e. The number of ether oxygens (including phenoxy) is 1. The van der Waals surface area contributed by atoms with Gasteiger partial charge in [-0.25, -0.2) is 0 Å². The van der Waals surface area contributed by atoms with Crippen LogP contribution in [-0.4, -0.2) is 48.3 Å². The molecule has 1 aliphatic heterocycles. The maximum atomic E-state index is 11.9. The minimum Gasteiger partial charge on any atom is -0.391 e. The lowest BCUT2D eigenvalue weighted by Crippen LogP contribution is -2.50. The standard InChI is InChI=1S/C12H17NO3/c1-16-6-10(14)13-5-7-2-8-4-9(3-7)12(15)11(8)13/h2,8-9,11-12,15H,3-6H2,1H3/t8?,9-,11?,12+/m1/s1. The van der Waals surface area contributed by atoms with E-state index in [0.29, 0.717) is 18.4 Å². The van der Waals surface area contributed by atoms with Crippen molar-refractivity contribution in [2.45, 2.75) is 25.0 Å². The molecule has 1 N–H and O–H groups in total. The summed E-state index contributed by atoms with van der Waals surface area (Å²) in [5.41, 5.74) is 1.32. The number of carbonyl (C=O) groups is 1. The van der Waals surface area contributed by atoms with Crippen molar-refractivity contribution >= 4 is 5.91 Å². The normalized spacial score (nSPS) is 40.1. The van der Waals surface area contributed by atoms with Crippen LogP contribution in [0, 0.1) is 11.8 Å². The van der Waals surface area contributed by atoms with E-state index >= 15 is 0 Å². The Hall–Kier alpha value is -0.870. The van der Waals surface area contributed by atoms with Crippen molar-refractivity contribution in [1.82, 2.24) is 4.90 Å². The lowest BCUT2D eigenvalue weighted by Gasteiger charge is -2.37. The zero-order chi connectivity index (χ0) is 11.3. The number of hydrogen-bond acceptors (Lipinski definition) is 3. The van der Waals surface area contributed by atoms with Gasteiger partial charge in [0.2, 0.25) is 5.91 Å². The number of likely N-dealkylation sites (tertiary alicyclic amines) is 1. The van der Waals surface area contributed by atoms with Gasteiger partial charge in [0.25, 0.3) is 0 Å². The quantitative estimate of drug-likeness (QED) is 0.679. The molecule has 4 atom stereocenters. The fourth-order valence-electron chi connectivity index (χ4n) is 3.56. The highest BCUT2D eigenvalue weighted by Gasteiger charge is 2.51. The van der Waals surface area contributed by atoms with Gasteiger partial charge < -0.3 is 14.7 Å². The third-order valence-corrected chi connectivity index (χ3v) is 4.14. The van der Waals surface area contributed by atoms with Gasteiger partial charge in [0, 0.05) is 19.6 Å². The molecule has 1 fully saturated rings. The van der Waals surface area contributed by atoms with Crippen LogP contribution >= 0.6 is 0 Å². The molecule has 1 amide bonds. The first-order valence-corrected chi connectivity index (χ1v) is 5.86. The molecule has 3 aliphatic rings. The molecule has 1 saturated carbocycles. The average Bonchev–Trinajstić information content (AvgIpc) is 2.41. The molecule has 88 valence electrons. The van der Waals surface area contributed by atoms with Gasteiger partial charge in [0.05, 0.1) is 12.1 Å². The molecule has 3 rings (SSSR count). The van der Waals surface area contributed by atoms with Crippen LogP contribution < -0.4 is 0 Å². The molecule has 3 bridgehead atoms. The Morgan fingerprint density at radius 3 is 3.25 bits per heavy atom. The summed E-state index contributed by atoms with van der Waals surface area (Å²) < 4.78 is 4.90. The molecule has 0 radical (unpaired) electrons. The van der Waals surface area contributed by atoms with Crippen molar-refractivity contribution < 1.29 is 14.6 Å². The van der Waals surface area contributed by atoms with Crippen molar-refractivity contribution in [2.24, 2.45) is 11.8 Å². The number of methoxy groups -OCH3 is 1. The molecule has 0 aromatic carbocycles. The van der Waals surface area contributed by atoms with Crippen LogP contribution in [0.3, 0.4) is 0 Å². The van der Waals surface area contributed by atoms with Crippen molar-refractivity contribution in [3.63, 3.8) is 0 Å². The summed E-state index contributed by atoms with van der Waals surface area (Å²) in [6, 6.07) is -0.00102. The van der Waals surface area contributed by atoms with Gasteiger partial charge in [0.1, 0.15) is 6.61 Å². The number of rotatable bonds is 2. The van der Waals surface area contributed by atoms with Crippen molar-refractivity contribution in [1.29, 1.82) is 0 Å². The Balaban J connectivity index is 1.88. The van der Waals surface area contributed by atoms with E-state index in [1.807, 2.05) is 4.90 Å². The molecule has 0 aromatic rings. The number of aliphatic hydroxyl groups excluding tert-OH is 1. The number of amides is 1. The van der Waals surface area contributed by atoms with Crippen LogP contribution in [0.4, 0.5) is 0 Å². The van der Waals surface area contributed by atoms with Gasteiger partial charge in [-0.15, -0.1) is 0 Å². The van der Waals surface area contributed by atoms with E-state index in [2.05, 4.69) is 6.08 Å². The highest BCUT2D eigenvalue weighted by molar-refractivity contribution is 5.78. The van der Waals surface area contributed by atoms with Crippen LogP contribution in [-0.2, 0) is 9.53 Å². The summed E-state index contributed by atoms with van der Waals surface area (Å²) in [7, 11) is 1.53. The number of fused-ring (bicyclic) bond motifs is 1. The molecule has 4 nitrogen and oxygen atoms in total. The molecule has 4 heteroatoms. The Morgan fingerprint density at radius 2 is 2.50 bits per heavy atom. The molecule has 2 unspecified atom stereocenters. The maximum Gasteiger partial charge on any atom is 0.249 e. The highest BCUT2D eigenvalue weighted by atomic mass is 16.5. The Bertz CT molecular complexity index is 352. The van der Waals surface area contributed by atoms with Crippen molar-refractivity contribution in [2.75, 3.05) is 20.3 Å². The van der Waals surface area contributed by atoms with Crippen molar-refractivity contribution in [3.05, 3.63) is 11.6 Å². The van der Waals surface area contributed by atoms with Gasteiger partial charge in [-0.3, -0.25) is 4.79 Å². The third kappa shape index (κ3) is 1.33. The minimum atomic E-state index is -0.345. The fourth-order valence-corrected chi connectivity index (χ4v) is 3.56. The summed E-state index contributed by atoms with van der Waals surface area (Å²) in [6.45, 7) is 0.810. The van der Waals surface area contributed by atoms with E-state index in [1.165, 1.54) is 12.7 Å². The average molecular weight is 223 g/mol. The first kappa shape index (κ1) is 10.3. The van der Waals surface area contributed by atoms with Crippen LogP contribution in [0.15, 0.2) is 11.6 Å². The van der Waals surface area contributed by atoms with Gasteiger partial charge in [-0.2, -0.15) is 0 Å². The molecule has 2 aliphatic carbocycles. The van der Waals surface area contributed by atoms with Crippen LogP contribution in [0.5, 0.6) is 0 Å². The zero-order valence-corrected chi connectivity index (χ0v) is 9.43. The van der Waals surface area contributed by atoms with E-state index in [1.54, 1.807) is 0 Å². The number of aliphatic hydroxyl groups is 1. The molecule has 0 spiro atoms.